The Labute approximate surface area is 135 Å². The van der Waals surface area contributed by atoms with E-state index in [2.05, 4.69) is 10.1 Å². The zero-order valence-corrected chi connectivity index (χ0v) is 13.7. The van der Waals surface area contributed by atoms with Crippen LogP contribution in [0.1, 0.15) is 32.1 Å². The van der Waals surface area contributed by atoms with E-state index in [-0.39, 0.29) is 6.04 Å². The minimum Gasteiger partial charge on any atom is -0.467 e. The molecule has 1 saturated heterocycles. The zero-order chi connectivity index (χ0) is 17.1. The molecule has 23 heavy (non-hydrogen) atoms. The summed E-state index contributed by atoms with van der Waals surface area (Å²) in [5.41, 5.74) is 0. The first kappa shape index (κ1) is 17.2. The van der Waals surface area contributed by atoms with E-state index < -0.39 is 35.8 Å². The van der Waals surface area contributed by atoms with Crippen molar-refractivity contribution >= 4 is 23.8 Å². The zero-order valence-electron chi connectivity index (χ0n) is 13.7. The van der Waals surface area contributed by atoms with Crippen molar-refractivity contribution in [3.8, 4) is 0 Å². The average Bonchev–Trinajstić information content (AvgIpc) is 2.56. The Morgan fingerprint density at radius 3 is 2.30 bits per heavy atom. The summed E-state index contributed by atoms with van der Waals surface area (Å²) in [6, 6.07) is -1.86. The van der Waals surface area contributed by atoms with Gasteiger partial charge in [0, 0.05) is 20.1 Å². The van der Waals surface area contributed by atoms with Crippen molar-refractivity contribution in [3.05, 3.63) is 0 Å². The highest BCUT2D eigenvalue weighted by Crippen LogP contribution is 2.24. The molecule has 2 aliphatic rings. The molecule has 0 radical (unpaired) electrons. The second kappa shape index (κ2) is 6.97. The number of hydrogen-bond donors (Lipinski definition) is 1. The number of esters is 1. The summed E-state index contributed by atoms with van der Waals surface area (Å²) in [6.45, 7) is 0. The van der Waals surface area contributed by atoms with Gasteiger partial charge < -0.3 is 15.0 Å². The Hall–Kier alpha value is -2.12. The monoisotopic (exact) mass is 325 g/mol. The minimum absolute atomic E-state index is 0.00980. The van der Waals surface area contributed by atoms with Gasteiger partial charge in [-0.15, -0.1) is 0 Å². The van der Waals surface area contributed by atoms with Crippen LogP contribution in [-0.4, -0.2) is 66.9 Å². The van der Waals surface area contributed by atoms with Crippen LogP contribution >= 0.6 is 0 Å². The first-order chi connectivity index (χ1) is 10.9. The Morgan fingerprint density at radius 1 is 1.13 bits per heavy atom. The molecule has 128 valence electrons. The van der Waals surface area contributed by atoms with Gasteiger partial charge in [-0.25, -0.2) is 9.59 Å². The number of carbonyl (C=O) groups is 4. The molecule has 0 unspecified atom stereocenters. The third kappa shape index (κ3) is 3.30. The number of rotatable bonds is 3. The molecule has 0 bridgehead atoms. The number of nitrogens with zero attached hydrogens (tertiary/aromatic N) is 2. The second-order valence-electron chi connectivity index (χ2n) is 6.08. The van der Waals surface area contributed by atoms with Crippen molar-refractivity contribution in [2.45, 2.75) is 44.2 Å². The van der Waals surface area contributed by atoms with Crippen LogP contribution in [0.3, 0.4) is 0 Å². The third-order valence-electron chi connectivity index (χ3n) is 4.59. The van der Waals surface area contributed by atoms with Crippen LogP contribution in [-0.2, 0) is 19.1 Å². The van der Waals surface area contributed by atoms with E-state index in [4.69, 9.17) is 0 Å². The molecule has 8 nitrogen and oxygen atoms in total. The fraction of sp³-hybridized carbons (Fsp3) is 0.733. The Kier molecular flexibility index (Phi) is 5.23. The number of imide groups is 1. The number of hydrogen-bond acceptors (Lipinski definition) is 5. The van der Waals surface area contributed by atoms with Crippen LogP contribution in [0.4, 0.5) is 4.79 Å². The summed E-state index contributed by atoms with van der Waals surface area (Å²) >= 11 is 0. The summed E-state index contributed by atoms with van der Waals surface area (Å²) in [4.78, 5) is 51.0. The van der Waals surface area contributed by atoms with Gasteiger partial charge in [-0.05, 0) is 12.8 Å². The first-order valence-electron chi connectivity index (χ1n) is 7.81. The Morgan fingerprint density at radius 2 is 1.74 bits per heavy atom. The quantitative estimate of drug-likeness (QED) is 0.587. The molecule has 1 aliphatic carbocycles. The van der Waals surface area contributed by atoms with E-state index in [1.54, 1.807) is 0 Å². The summed E-state index contributed by atoms with van der Waals surface area (Å²) in [5.74, 6) is -3.26. The van der Waals surface area contributed by atoms with Gasteiger partial charge in [-0.3, -0.25) is 14.5 Å². The maximum atomic E-state index is 12.6. The number of methoxy groups -OCH3 is 1. The van der Waals surface area contributed by atoms with Crippen molar-refractivity contribution in [2.75, 3.05) is 21.2 Å². The molecule has 4 amide bonds. The summed E-state index contributed by atoms with van der Waals surface area (Å²) in [7, 11) is 3.85. The topological polar surface area (TPSA) is 96.0 Å². The molecule has 1 heterocycles. The standard InChI is InChI=1S/C15H23N3O5/c1-17-11(14(21)23-3)10(13(20)18(2)15(17)22)12(19)16-9-7-5-4-6-8-9/h9-11H,4-8H2,1-3H3,(H,16,19)/t10-,11-/m0/s1. The van der Waals surface area contributed by atoms with Crippen molar-refractivity contribution in [1.29, 1.82) is 0 Å². The van der Waals surface area contributed by atoms with Crippen LogP contribution in [0.15, 0.2) is 0 Å². The van der Waals surface area contributed by atoms with Gasteiger partial charge >= 0.3 is 12.0 Å². The molecular formula is C15H23N3O5. The molecule has 0 aromatic heterocycles. The molecule has 0 aromatic carbocycles. The van der Waals surface area contributed by atoms with Gasteiger partial charge in [-0.1, -0.05) is 19.3 Å². The summed E-state index contributed by atoms with van der Waals surface area (Å²) in [5, 5.41) is 2.85. The van der Waals surface area contributed by atoms with Crippen LogP contribution < -0.4 is 5.32 Å². The van der Waals surface area contributed by atoms with Crippen molar-refractivity contribution in [1.82, 2.24) is 15.1 Å². The van der Waals surface area contributed by atoms with Gasteiger partial charge in [0.1, 0.15) is 5.92 Å². The SMILES string of the molecule is COC(=O)[C@@H]1[C@@H](C(=O)NC2CCCCC2)C(=O)N(C)C(=O)N1C. The highest BCUT2D eigenvalue weighted by Gasteiger charge is 2.51. The van der Waals surface area contributed by atoms with Gasteiger partial charge in [0.05, 0.1) is 7.11 Å². The fourth-order valence-electron chi connectivity index (χ4n) is 3.23. The number of urea groups is 1. The van der Waals surface area contributed by atoms with E-state index >= 15 is 0 Å². The largest absolute Gasteiger partial charge is 0.467 e. The van der Waals surface area contributed by atoms with Crippen LogP contribution in [0.5, 0.6) is 0 Å². The first-order valence-corrected chi connectivity index (χ1v) is 7.81. The molecule has 1 saturated carbocycles. The highest BCUT2D eigenvalue weighted by atomic mass is 16.5. The Bertz CT molecular complexity index is 515. The van der Waals surface area contributed by atoms with E-state index in [9.17, 15) is 19.2 Å². The lowest BCUT2D eigenvalue weighted by Gasteiger charge is -2.39. The maximum Gasteiger partial charge on any atom is 0.330 e. The number of nitrogens with one attached hydrogen (secondary N) is 1. The van der Waals surface area contributed by atoms with Crippen LogP contribution in [0.25, 0.3) is 0 Å². The number of likely N-dealkylation sites (N-methyl/N-ethyl adjacent to an activating group) is 1. The minimum atomic E-state index is -1.28. The number of carbonyl (C=O) groups excluding carboxylic acids is 4. The van der Waals surface area contributed by atoms with E-state index in [0.29, 0.717) is 0 Å². The highest BCUT2D eigenvalue weighted by molar-refractivity contribution is 6.12. The number of ether oxygens (including phenoxy) is 1. The van der Waals surface area contributed by atoms with E-state index in [1.165, 1.54) is 21.2 Å². The van der Waals surface area contributed by atoms with Crippen molar-refractivity contribution in [3.63, 3.8) is 0 Å². The lowest BCUT2D eigenvalue weighted by Crippen LogP contribution is -2.65. The smallest absolute Gasteiger partial charge is 0.330 e. The molecule has 0 spiro atoms. The van der Waals surface area contributed by atoms with Gasteiger partial charge in [0.2, 0.25) is 11.8 Å². The van der Waals surface area contributed by atoms with Crippen LogP contribution in [0, 0.1) is 5.92 Å². The van der Waals surface area contributed by atoms with Gasteiger partial charge in [0.15, 0.2) is 6.04 Å². The van der Waals surface area contributed by atoms with Crippen molar-refractivity contribution in [2.24, 2.45) is 5.92 Å². The molecule has 8 heteroatoms. The third-order valence-corrected chi connectivity index (χ3v) is 4.59. The normalized spacial score (nSPS) is 26.2. The molecule has 2 rings (SSSR count). The number of amides is 4. The van der Waals surface area contributed by atoms with Gasteiger partial charge in [-0.2, -0.15) is 0 Å². The molecule has 1 N–H and O–H groups in total. The lowest BCUT2D eigenvalue weighted by atomic mass is 9.91. The summed E-state index contributed by atoms with van der Waals surface area (Å²) < 4.78 is 4.68. The maximum absolute atomic E-state index is 12.6. The average molecular weight is 325 g/mol. The lowest BCUT2D eigenvalue weighted by molar-refractivity contribution is -0.159. The van der Waals surface area contributed by atoms with Crippen LogP contribution in [0.2, 0.25) is 0 Å². The molecule has 1 aliphatic heterocycles. The molecule has 2 fully saturated rings. The summed E-state index contributed by atoms with van der Waals surface area (Å²) in [6.07, 6.45) is 4.92. The van der Waals surface area contributed by atoms with E-state index in [0.717, 1.165) is 41.9 Å². The fourth-order valence-corrected chi connectivity index (χ4v) is 3.23. The predicted octanol–water partition coefficient (Wildman–Crippen LogP) is 0.117. The molecule has 2 atom stereocenters. The van der Waals surface area contributed by atoms with Gasteiger partial charge in [0.25, 0.3) is 0 Å². The van der Waals surface area contributed by atoms with E-state index in [1.807, 2.05) is 0 Å². The van der Waals surface area contributed by atoms with Crippen molar-refractivity contribution < 1.29 is 23.9 Å². The predicted molar refractivity (Wildman–Crippen MR) is 80.2 cm³/mol. The molecule has 0 aromatic rings. The Balaban J connectivity index is 2.22. The molecular weight excluding hydrogens is 302 g/mol. The second-order valence-corrected chi connectivity index (χ2v) is 6.08.